The highest BCUT2D eigenvalue weighted by molar-refractivity contribution is 7.09. The van der Waals surface area contributed by atoms with Crippen molar-refractivity contribution in [3.8, 4) is 0 Å². The van der Waals surface area contributed by atoms with Crippen molar-refractivity contribution in [1.82, 2.24) is 10.6 Å². The molecule has 0 spiro atoms. The highest BCUT2D eigenvalue weighted by Crippen LogP contribution is 2.24. The van der Waals surface area contributed by atoms with Gasteiger partial charge in [-0.15, -0.1) is 23.7 Å². The third-order valence-electron chi connectivity index (χ3n) is 3.38. The van der Waals surface area contributed by atoms with Crippen molar-refractivity contribution in [1.29, 1.82) is 0 Å². The van der Waals surface area contributed by atoms with Crippen LogP contribution < -0.4 is 10.6 Å². The first kappa shape index (κ1) is 15.5. The van der Waals surface area contributed by atoms with Gasteiger partial charge in [-0.3, -0.25) is 4.79 Å². The highest BCUT2D eigenvalue weighted by atomic mass is 35.5. The van der Waals surface area contributed by atoms with Gasteiger partial charge >= 0.3 is 0 Å². The summed E-state index contributed by atoms with van der Waals surface area (Å²) in [5, 5.41) is 8.46. The van der Waals surface area contributed by atoms with Gasteiger partial charge in [-0.25, -0.2) is 0 Å². The van der Waals surface area contributed by atoms with E-state index in [-0.39, 0.29) is 29.8 Å². The fourth-order valence-electron chi connectivity index (χ4n) is 2.19. The summed E-state index contributed by atoms with van der Waals surface area (Å²) in [5.74, 6) is 0.187. The van der Waals surface area contributed by atoms with Crippen LogP contribution in [-0.2, 0) is 11.2 Å². The maximum absolute atomic E-state index is 12.2. The normalized spacial score (nSPS) is 24.3. The maximum Gasteiger partial charge on any atom is 0.227 e. The molecule has 2 N–H and O–H groups in total. The molecule has 102 valence electrons. The van der Waals surface area contributed by atoms with Crippen molar-refractivity contribution in [2.75, 3.05) is 13.1 Å². The lowest BCUT2D eigenvalue weighted by atomic mass is 9.88. The van der Waals surface area contributed by atoms with E-state index in [4.69, 9.17) is 0 Å². The van der Waals surface area contributed by atoms with E-state index in [0.717, 1.165) is 25.9 Å². The summed E-state index contributed by atoms with van der Waals surface area (Å²) in [6.07, 6.45) is 1.86. The molecule has 1 saturated heterocycles. The van der Waals surface area contributed by atoms with Crippen LogP contribution in [0.5, 0.6) is 0 Å². The number of amides is 1. The monoisotopic (exact) mass is 288 g/mol. The summed E-state index contributed by atoms with van der Waals surface area (Å²) in [4.78, 5) is 13.5. The van der Waals surface area contributed by atoms with Gasteiger partial charge in [-0.05, 0) is 38.3 Å². The van der Waals surface area contributed by atoms with E-state index in [1.54, 1.807) is 11.3 Å². The smallest absolute Gasteiger partial charge is 0.227 e. The third-order valence-corrected chi connectivity index (χ3v) is 4.28. The van der Waals surface area contributed by atoms with E-state index in [0.29, 0.717) is 0 Å². The summed E-state index contributed by atoms with van der Waals surface area (Å²) in [5.41, 5.74) is -0.219. The number of thiophene rings is 1. The lowest BCUT2D eigenvalue weighted by molar-refractivity contribution is -0.129. The molecule has 2 unspecified atom stereocenters. The minimum absolute atomic E-state index is 0. The van der Waals surface area contributed by atoms with Crippen molar-refractivity contribution in [2.24, 2.45) is 5.41 Å². The fraction of sp³-hybridized carbons (Fsp3) is 0.615. The standard InChI is InChI=1S/C13H20N2OS.ClH/c1-10(8-11-4-3-7-17-11)15-12(16)13(2)5-6-14-9-13;/h3-4,7,10,14H,5-6,8-9H2,1-2H3,(H,15,16);1H. The minimum Gasteiger partial charge on any atom is -0.353 e. The van der Waals surface area contributed by atoms with Gasteiger partial charge in [0.2, 0.25) is 5.91 Å². The number of halogens is 1. The first-order chi connectivity index (χ1) is 8.10. The molecular weight excluding hydrogens is 268 g/mol. The Morgan fingerprint density at radius 3 is 3.00 bits per heavy atom. The van der Waals surface area contributed by atoms with E-state index >= 15 is 0 Å². The quantitative estimate of drug-likeness (QED) is 0.892. The molecule has 1 aromatic heterocycles. The molecule has 0 saturated carbocycles. The first-order valence-electron chi connectivity index (χ1n) is 6.14. The molecule has 1 fully saturated rings. The van der Waals surface area contributed by atoms with Crippen molar-refractivity contribution >= 4 is 29.7 Å². The largest absolute Gasteiger partial charge is 0.353 e. The summed E-state index contributed by atoms with van der Waals surface area (Å²) in [6.45, 7) is 5.86. The molecular formula is C13H21ClN2OS. The average Bonchev–Trinajstić information content (AvgIpc) is 2.90. The predicted octanol–water partition coefficient (Wildman–Crippen LogP) is 2.22. The van der Waals surface area contributed by atoms with E-state index < -0.39 is 0 Å². The van der Waals surface area contributed by atoms with Gasteiger partial charge in [-0.2, -0.15) is 0 Å². The SMILES string of the molecule is CC(Cc1cccs1)NC(=O)C1(C)CCNC1.Cl. The van der Waals surface area contributed by atoms with Gasteiger partial charge in [0.1, 0.15) is 0 Å². The zero-order chi connectivity index (χ0) is 12.3. The van der Waals surface area contributed by atoms with Gasteiger partial charge in [0.05, 0.1) is 5.41 Å². The van der Waals surface area contributed by atoms with Crippen LogP contribution in [-0.4, -0.2) is 25.0 Å². The number of carbonyl (C=O) groups excluding carboxylic acids is 1. The second-order valence-corrected chi connectivity index (χ2v) is 6.18. The third kappa shape index (κ3) is 3.70. The number of hydrogen-bond acceptors (Lipinski definition) is 3. The van der Waals surface area contributed by atoms with Crippen LogP contribution in [0.2, 0.25) is 0 Å². The van der Waals surface area contributed by atoms with E-state index in [1.807, 2.05) is 6.92 Å². The average molecular weight is 289 g/mol. The number of rotatable bonds is 4. The molecule has 1 aliphatic rings. The summed E-state index contributed by atoms with van der Waals surface area (Å²) >= 11 is 1.75. The first-order valence-corrected chi connectivity index (χ1v) is 7.02. The second-order valence-electron chi connectivity index (χ2n) is 5.15. The molecule has 2 rings (SSSR count). The Morgan fingerprint density at radius 1 is 1.67 bits per heavy atom. The van der Waals surface area contributed by atoms with Crippen LogP contribution >= 0.6 is 23.7 Å². The zero-order valence-electron chi connectivity index (χ0n) is 10.9. The molecule has 2 heterocycles. The Hall–Kier alpha value is -0.580. The van der Waals surface area contributed by atoms with Gasteiger partial charge in [0.15, 0.2) is 0 Å². The number of hydrogen-bond donors (Lipinski definition) is 2. The van der Waals surface area contributed by atoms with Crippen LogP contribution in [0.25, 0.3) is 0 Å². The molecule has 2 atom stereocenters. The Labute approximate surface area is 119 Å². The molecule has 1 amide bonds. The zero-order valence-corrected chi connectivity index (χ0v) is 12.5. The van der Waals surface area contributed by atoms with Crippen LogP contribution in [0.1, 0.15) is 25.1 Å². The van der Waals surface area contributed by atoms with Crippen LogP contribution in [0.15, 0.2) is 17.5 Å². The van der Waals surface area contributed by atoms with E-state index in [1.165, 1.54) is 4.88 Å². The second kappa shape index (κ2) is 6.55. The van der Waals surface area contributed by atoms with Crippen molar-refractivity contribution in [3.63, 3.8) is 0 Å². The Balaban J connectivity index is 0.00000162. The lowest BCUT2D eigenvalue weighted by Gasteiger charge is -2.24. The van der Waals surface area contributed by atoms with Gasteiger partial charge in [0.25, 0.3) is 0 Å². The van der Waals surface area contributed by atoms with E-state index in [9.17, 15) is 4.79 Å². The van der Waals surface area contributed by atoms with Crippen LogP contribution in [0.3, 0.4) is 0 Å². The minimum atomic E-state index is -0.219. The Bertz CT molecular complexity index is 374. The molecule has 3 nitrogen and oxygen atoms in total. The Kier molecular flexibility index (Phi) is 5.63. The van der Waals surface area contributed by atoms with Crippen LogP contribution in [0, 0.1) is 5.41 Å². The molecule has 0 aromatic carbocycles. The van der Waals surface area contributed by atoms with Crippen molar-refractivity contribution < 1.29 is 4.79 Å². The Morgan fingerprint density at radius 2 is 2.44 bits per heavy atom. The van der Waals surface area contributed by atoms with Gasteiger partial charge in [0, 0.05) is 23.9 Å². The fourth-order valence-corrected chi connectivity index (χ4v) is 3.03. The van der Waals surface area contributed by atoms with Gasteiger partial charge in [-0.1, -0.05) is 6.07 Å². The molecule has 0 bridgehead atoms. The van der Waals surface area contributed by atoms with Gasteiger partial charge < -0.3 is 10.6 Å². The van der Waals surface area contributed by atoms with E-state index in [2.05, 4.69) is 35.1 Å². The summed E-state index contributed by atoms with van der Waals surface area (Å²) in [7, 11) is 0. The summed E-state index contributed by atoms with van der Waals surface area (Å²) in [6, 6.07) is 4.38. The maximum atomic E-state index is 12.2. The number of nitrogens with one attached hydrogen (secondary N) is 2. The molecule has 5 heteroatoms. The lowest BCUT2D eigenvalue weighted by Crippen LogP contribution is -2.44. The molecule has 1 aromatic rings. The summed E-state index contributed by atoms with van der Waals surface area (Å²) < 4.78 is 0. The van der Waals surface area contributed by atoms with Crippen LogP contribution in [0.4, 0.5) is 0 Å². The molecule has 0 radical (unpaired) electrons. The molecule has 0 aliphatic carbocycles. The molecule has 1 aliphatic heterocycles. The predicted molar refractivity (Wildman–Crippen MR) is 78.5 cm³/mol. The van der Waals surface area contributed by atoms with Crippen molar-refractivity contribution in [3.05, 3.63) is 22.4 Å². The molecule has 18 heavy (non-hydrogen) atoms. The highest BCUT2D eigenvalue weighted by Gasteiger charge is 2.36. The van der Waals surface area contributed by atoms with Crippen molar-refractivity contribution in [2.45, 2.75) is 32.7 Å². The topological polar surface area (TPSA) is 41.1 Å². The number of carbonyl (C=O) groups is 1.